The second-order valence-electron chi connectivity index (χ2n) is 8.49. The van der Waals surface area contributed by atoms with E-state index in [9.17, 15) is 18.8 Å². The largest absolute Gasteiger partial charge is 0.478 e. The van der Waals surface area contributed by atoms with Crippen LogP contribution in [0, 0.1) is 5.82 Å². The molecule has 3 N–H and O–H groups in total. The number of carbonyl (C=O) groups excluding carboxylic acids is 2. The van der Waals surface area contributed by atoms with Gasteiger partial charge in [0.15, 0.2) is 0 Å². The molecule has 0 spiro atoms. The van der Waals surface area contributed by atoms with E-state index in [1.165, 1.54) is 6.07 Å². The molecule has 1 unspecified atom stereocenters. The minimum atomic E-state index is -1.29. The zero-order valence-corrected chi connectivity index (χ0v) is 19.1. The second-order valence-corrected chi connectivity index (χ2v) is 8.49. The Morgan fingerprint density at radius 2 is 1.63 bits per heavy atom. The Balaban J connectivity index is 1.26. The Hall–Kier alpha value is -4.20. The van der Waals surface area contributed by atoms with Gasteiger partial charge in [-0.1, -0.05) is 48.5 Å². The molecule has 4 rings (SSSR count). The number of hydrogen-bond acceptors (Lipinski definition) is 4. The molecule has 8 heteroatoms. The van der Waals surface area contributed by atoms with E-state index < -0.39 is 23.8 Å². The van der Waals surface area contributed by atoms with E-state index >= 15 is 0 Å². The number of fused-ring (bicyclic) bond motifs is 3. The average Bonchev–Trinajstić information content (AvgIpc) is 3.15. The SMILES string of the molecule is CC(CCC(=O)Nc1cc(F)cc(C(=O)O)c1)NC(=O)OCC1c2ccccc2-c2ccccc21. The van der Waals surface area contributed by atoms with Crippen LogP contribution in [0.5, 0.6) is 0 Å². The zero-order chi connectivity index (χ0) is 24.9. The van der Waals surface area contributed by atoms with Crippen molar-refractivity contribution in [3.63, 3.8) is 0 Å². The van der Waals surface area contributed by atoms with Gasteiger partial charge in [0.25, 0.3) is 0 Å². The van der Waals surface area contributed by atoms with Crippen molar-refractivity contribution in [1.29, 1.82) is 0 Å². The molecule has 1 aliphatic rings. The van der Waals surface area contributed by atoms with Crippen LogP contribution in [0.1, 0.15) is 47.2 Å². The number of anilines is 1. The molecular weight excluding hydrogens is 451 g/mol. The lowest BCUT2D eigenvalue weighted by atomic mass is 9.98. The third-order valence-corrected chi connectivity index (χ3v) is 5.94. The Labute approximate surface area is 201 Å². The lowest BCUT2D eigenvalue weighted by Gasteiger charge is -2.17. The highest BCUT2D eigenvalue weighted by molar-refractivity contribution is 5.94. The number of carboxylic acid groups (broad SMARTS) is 1. The predicted molar refractivity (Wildman–Crippen MR) is 129 cm³/mol. The van der Waals surface area contributed by atoms with Gasteiger partial charge >= 0.3 is 12.1 Å². The van der Waals surface area contributed by atoms with Crippen molar-refractivity contribution >= 4 is 23.7 Å². The number of amides is 2. The van der Waals surface area contributed by atoms with Gasteiger partial charge in [-0.15, -0.1) is 0 Å². The Morgan fingerprint density at radius 3 is 2.26 bits per heavy atom. The summed E-state index contributed by atoms with van der Waals surface area (Å²) in [6.07, 6.45) is -0.211. The van der Waals surface area contributed by atoms with Crippen LogP contribution in [0.3, 0.4) is 0 Å². The minimum Gasteiger partial charge on any atom is -0.478 e. The summed E-state index contributed by atoms with van der Waals surface area (Å²) in [6.45, 7) is 1.94. The summed E-state index contributed by atoms with van der Waals surface area (Å²) in [4.78, 5) is 35.6. The summed E-state index contributed by atoms with van der Waals surface area (Å²) in [7, 11) is 0. The van der Waals surface area contributed by atoms with Gasteiger partial charge in [0, 0.05) is 24.1 Å². The van der Waals surface area contributed by atoms with E-state index in [0.29, 0.717) is 6.42 Å². The summed E-state index contributed by atoms with van der Waals surface area (Å²) >= 11 is 0. The number of carboxylic acids is 1. The van der Waals surface area contributed by atoms with E-state index in [1.807, 2.05) is 36.4 Å². The van der Waals surface area contributed by atoms with E-state index in [-0.39, 0.29) is 36.2 Å². The number of aromatic carboxylic acids is 1. The summed E-state index contributed by atoms with van der Waals surface area (Å²) < 4.78 is 19.1. The third kappa shape index (κ3) is 5.66. The lowest BCUT2D eigenvalue weighted by molar-refractivity contribution is -0.116. The Morgan fingerprint density at radius 1 is 1.00 bits per heavy atom. The molecule has 0 heterocycles. The molecule has 0 fully saturated rings. The van der Waals surface area contributed by atoms with Gasteiger partial charge < -0.3 is 20.5 Å². The van der Waals surface area contributed by atoms with Gasteiger partial charge in [0.1, 0.15) is 12.4 Å². The highest BCUT2D eigenvalue weighted by atomic mass is 19.1. The first-order chi connectivity index (χ1) is 16.8. The van der Waals surface area contributed by atoms with Crippen LogP contribution in [0.4, 0.5) is 14.9 Å². The quantitative estimate of drug-likeness (QED) is 0.416. The number of rotatable bonds is 8. The second kappa shape index (κ2) is 10.4. The van der Waals surface area contributed by atoms with Crippen LogP contribution >= 0.6 is 0 Å². The fraction of sp³-hybridized carbons (Fsp3) is 0.222. The average molecular weight is 477 g/mol. The minimum absolute atomic E-state index is 0.0452. The van der Waals surface area contributed by atoms with E-state index in [1.54, 1.807) is 6.92 Å². The van der Waals surface area contributed by atoms with Gasteiger partial charge in [-0.25, -0.2) is 14.0 Å². The highest BCUT2D eigenvalue weighted by Gasteiger charge is 2.29. The van der Waals surface area contributed by atoms with Crippen molar-refractivity contribution in [2.45, 2.75) is 31.7 Å². The molecular formula is C27H25FN2O5. The normalized spacial score (nSPS) is 12.9. The molecule has 3 aromatic carbocycles. The zero-order valence-electron chi connectivity index (χ0n) is 19.1. The van der Waals surface area contributed by atoms with Gasteiger partial charge in [0.05, 0.1) is 5.56 Å². The van der Waals surface area contributed by atoms with Gasteiger partial charge in [-0.2, -0.15) is 0 Å². The van der Waals surface area contributed by atoms with Crippen LogP contribution in [-0.2, 0) is 9.53 Å². The van der Waals surface area contributed by atoms with Crippen LogP contribution in [0.25, 0.3) is 11.1 Å². The molecule has 0 saturated heterocycles. The van der Waals surface area contributed by atoms with Crippen LogP contribution < -0.4 is 10.6 Å². The number of benzene rings is 3. The van der Waals surface area contributed by atoms with Crippen LogP contribution in [0.2, 0.25) is 0 Å². The molecule has 1 aliphatic carbocycles. The van der Waals surface area contributed by atoms with Gasteiger partial charge in [-0.3, -0.25) is 4.79 Å². The number of ether oxygens (including phenoxy) is 1. The summed E-state index contributed by atoms with van der Waals surface area (Å²) in [6, 6.07) is 18.9. The van der Waals surface area contributed by atoms with Crippen molar-refractivity contribution in [1.82, 2.24) is 5.32 Å². The molecule has 2 amide bonds. The molecule has 0 radical (unpaired) electrons. The fourth-order valence-electron chi connectivity index (χ4n) is 4.27. The fourth-order valence-corrected chi connectivity index (χ4v) is 4.27. The van der Waals surface area contributed by atoms with E-state index in [2.05, 4.69) is 22.8 Å². The Bertz CT molecular complexity index is 1230. The maximum Gasteiger partial charge on any atom is 0.407 e. The molecule has 0 bridgehead atoms. The number of hydrogen-bond donors (Lipinski definition) is 3. The van der Waals surface area contributed by atoms with Gasteiger partial charge in [0.2, 0.25) is 5.91 Å². The molecule has 180 valence electrons. The van der Waals surface area contributed by atoms with E-state index in [4.69, 9.17) is 9.84 Å². The molecule has 3 aromatic rings. The molecule has 1 atom stereocenters. The number of alkyl carbamates (subject to hydrolysis) is 1. The number of carbonyl (C=O) groups is 3. The number of halogens is 1. The molecule has 35 heavy (non-hydrogen) atoms. The first kappa shape index (κ1) is 23.9. The van der Waals surface area contributed by atoms with Crippen LogP contribution in [0.15, 0.2) is 66.7 Å². The first-order valence-electron chi connectivity index (χ1n) is 11.3. The van der Waals surface area contributed by atoms with Crippen LogP contribution in [-0.4, -0.2) is 35.7 Å². The topological polar surface area (TPSA) is 105 Å². The monoisotopic (exact) mass is 476 g/mol. The smallest absolute Gasteiger partial charge is 0.407 e. The lowest BCUT2D eigenvalue weighted by Crippen LogP contribution is -2.34. The van der Waals surface area contributed by atoms with Crippen molar-refractivity contribution in [2.24, 2.45) is 0 Å². The standard InChI is InChI=1S/C27H25FN2O5/c1-16(10-11-25(31)30-19-13-17(26(32)33)12-18(28)14-19)29-27(34)35-15-24-22-8-4-2-6-20(22)21-7-3-5-9-23(21)24/h2-9,12-14,16,24H,10-11,15H2,1H3,(H,29,34)(H,30,31)(H,32,33). The summed E-state index contributed by atoms with van der Waals surface area (Å²) in [5, 5.41) is 14.2. The maximum atomic E-state index is 13.6. The summed E-state index contributed by atoms with van der Waals surface area (Å²) in [5.41, 5.74) is 4.33. The maximum absolute atomic E-state index is 13.6. The van der Waals surface area contributed by atoms with Gasteiger partial charge in [-0.05, 0) is 53.8 Å². The predicted octanol–water partition coefficient (Wildman–Crippen LogP) is 5.17. The molecule has 0 saturated carbocycles. The van der Waals surface area contributed by atoms with Crippen molar-refractivity contribution in [3.8, 4) is 11.1 Å². The molecule has 0 aromatic heterocycles. The first-order valence-corrected chi connectivity index (χ1v) is 11.3. The molecule has 7 nitrogen and oxygen atoms in total. The van der Waals surface area contributed by atoms with Crippen molar-refractivity contribution < 1.29 is 28.6 Å². The third-order valence-electron chi connectivity index (χ3n) is 5.94. The highest BCUT2D eigenvalue weighted by Crippen LogP contribution is 2.44. The van der Waals surface area contributed by atoms with E-state index in [0.717, 1.165) is 34.4 Å². The number of nitrogens with one attached hydrogen (secondary N) is 2. The Kier molecular flexibility index (Phi) is 7.10. The van der Waals surface area contributed by atoms with Crippen molar-refractivity contribution in [3.05, 3.63) is 89.2 Å². The molecule has 0 aliphatic heterocycles. The summed E-state index contributed by atoms with van der Waals surface area (Å²) in [5.74, 6) is -2.52. The van der Waals surface area contributed by atoms with Crippen molar-refractivity contribution in [2.75, 3.05) is 11.9 Å².